The van der Waals surface area contributed by atoms with Gasteiger partial charge < -0.3 is 10.4 Å². The number of carbonyl (C=O) groups is 1. The molecule has 0 saturated carbocycles. The molecule has 0 aliphatic carbocycles. The van der Waals surface area contributed by atoms with E-state index in [4.69, 9.17) is 5.11 Å². The number of nitrogens with zero attached hydrogens (tertiary/aromatic N) is 2. The summed E-state index contributed by atoms with van der Waals surface area (Å²) in [7, 11) is 0. The Balaban J connectivity index is 2.52. The Bertz CT molecular complexity index is 443. The summed E-state index contributed by atoms with van der Waals surface area (Å²) in [5.41, 5.74) is -1.18. The maximum atomic E-state index is 12.6. The van der Waals surface area contributed by atoms with Gasteiger partial charge in [0.15, 0.2) is 5.69 Å². The van der Waals surface area contributed by atoms with Crippen LogP contribution in [0, 0.1) is 0 Å². The first-order valence-electron chi connectivity index (χ1n) is 5.00. The monoisotopic (exact) mass is 287 g/mol. The molecule has 10 heteroatoms. The van der Waals surface area contributed by atoms with Gasteiger partial charge in [-0.05, 0) is 6.07 Å². The third-order valence-electron chi connectivity index (χ3n) is 2.01. The lowest BCUT2D eigenvalue weighted by Gasteiger charge is -2.13. The number of carbonyl (C=O) groups excluding carboxylic acids is 1. The minimum Gasteiger partial charge on any atom is -0.390 e. The van der Waals surface area contributed by atoms with Crippen LogP contribution in [0.5, 0.6) is 0 Å². The van der Waals surface area contributed by atoms with E-state index in [9.17, 15) is 26.7 Å². The summed E-state index contributed by atoms with van der Waals surface area (Å²) in [6, 6.07) is 0.662. The lowest BCUT2D eigenvalue weighted by atomic mass is 10.3. The van der Waals surface area contributed by atoms with Crippen LogP contribution in [0.4, 0.5) is 22.0 Å². The molecule has 0 aromatic carbocycles. The van der Waals surface area contributed by atoms with E-state index >= 15 is 0 Å². The average molecular weight is 287 g/mol. The number of amides is 1. The van der Waals surface area contributed by atoms with Crippen molar-refractivity contribution in [3.8, 4) is 0 Å². The van der Waals surface area contributed by atoms with Crippen molar-refractivity contribution in [3.05, 3.63) is 18.0 Å². The standard InChI is InChI=1S/C9H10F5N3O2/c10-8(11,5-18)4-15-7(19)3-17-2-1-6(16-17)9(12,13)14/h1-2,18H,3-5H2,(H,15,19). The summed E-state index contributed by atoms with van der Waals surface area (Å²) in [6.07, 6.45) is -3.72. The second-order valence-corrected chi connectivity index (χ2v) is 3.69. The molecule has 0 fully saturated rings. The van der Waals surface area contributed by atoms with Gasteiger partial charge in [-0.2, -0.15) is 18.3 Å². The Morgan fingerprint density at radius 1 is 1.37 bits per heavy atom. The predicted molar refractivity (Wildman–Crippen MR) is 52.3 cm³/mol. The van der Waals surface area contributed by atoms with E-state index < -0.39 is 43.4 Å². The van der Waals surface area contributed by atoms with Gasteiger partial charge in [0.25, 0.3) is 5.92 Å². The third kappa shape index (κ3) is 4.81. The lowest BCUT2D eigenvalue weighted by molar-refractivity contribution is -0.141. The molecule has 0 spiro atoms. The molecular weight excluding hydrogens is 277 g/mol. The smallest absolute Gasteiger partial charge is 0.390 e. The molecule has 1 aromatic heterocycles. The highest BCUT2D eigenvalue weighted by Gasteiger charge is 2.33. The number of hydrogen-bond donors (Lipinski definition) is 2. The molecule has 19 heavy (non-hydrogen) atoms. The maximum Gasteiger partial charge on any atom is 0.435 e. The van der Waals surface area contributed by atoms with Gasteiger partial charge in [0.1, 0.15) is 13.2 Å². The van der Waals surface area contributed by atoms with Crippen molar-refractivity contribution in [3.63, 3.8) is 0 Å². The zero-order chi connectivity index (χ0) is 14.7. The van der Waals surface area contributed by atoms with Gasteiger partial charge in [0.05, 0.1) is 6.54 Å². The van der Waals surface area contributed by atoms with Crippen molar-refractivity contribution in [1.29, 1.82) is 0 Å². The van der Waals surface area contributed by atoms with Gasteiger partial charge in [0, 0.05) is 6.20 Å². The predicted octanol–water partition coefficient (Wildman–Crippen LogP) is 0.646. The molecule has 1 rings (SSSR count). The van der Waals surface area contributed by atoms with Gasteiger partial charge in [-0.1, -0.05) is 0 Å². The first kappa shape index (κ1) is 15.3. The minimum atomic E-state index is -4.63. The molecule has 1 aromatic rings. The second-order valence-electron chi connectivity index (χ2n) is 3.69. The van der Waals surface area contributed by atoms with Crippen LogP contribution in [0.15, 0.2) is 12.3 Å². The van der Waals surface area contributed by atoms with Gasteiger partial charge in [0.2, 0.25) is 5.91 Å². The number of alkyl halides is 5. The van der Waals surface area contributed by atoms with Crippen molar-refractivity contribution in [2.45, 2.75) is 18.6 Å². The van der Waals surface area contributed by atoms with Gasteiger partial charge >= 0.3 is 6.18 Å². The Labute approximate surface area is 104 Å². The highest BCUT2D eigenvalue weighted by atomic mass is 19.4. The quantitative estimate of drug-likeness (QED) is 0.781. The largest absolute Gasteiger partial charge is 0.435 e. The fourth-order valence-electron chi connectivity index (χ4n) is 1.09. The van der Waals surface area contributed by atoms with Gasteiger partial charge in [-0.25, -0.2) is 8.78 Å². The Hall–Kier alpha value is -1.71. The SMILES string of the molecule is O=C(Cn1ccc(C(F)(F)F)n1)NCC(F)(F)CO. The van der Waals surface area contributed by atoms with E-state index in [0.29, 0.717) is 10.7 Å². The lowest BCUT2D eigenvalue weighted by Crippen LogP contribution is -2.40. The number of aliphatic hydroxyl groups excluding tert-OH is 1. The van der Waals surface area contributed by atoms with Crippen molar-refractivity contribution in [1.82, 2.24) is 15.1 Å². The zero-order valence-electron chi connectivity index (χ0n) is 9.42. The summed E-state index contributed by atoms with van der Waals surface area (Å²) in [5.74, 6) is -4.42. The molecule has 5 nitrogen and oxygen atoms in total. The summed E-state index contributed by atoms with van der Waals surface area (Å²) < 4.78 is 62.4. The third-order valence-corrected chi connectivity index (χ3v) is 2.01. The normalized spacial score (nSPS) is 12.5. The molecule has 0 radical (unpaired) electrons. The van der Waals surface area contributed by atoms with E-state index in [0.717, 1.165) is 6.20 Å². The maximum absolute atomic E-state index is 12.6. The van der Waals surface area contributed by atoms with Crippen LogP contribution >= 0.6 is 0 Å². The van der Waals surface area contributed by atoms with E-state index in [-0.39, 0.29) is 0 Å². The van der Waals surface area contributed by atoms with Gasteiger partial charge in [-0.15, -0.1) is 0 Å². The number of halogens is 5. The molecule has 0 aliphatic rings. The number of aromatic nitrogens is 2. The summed E-state index contributed by atoms with van der Waals surface area (Å²) in [6.45, 7) is -3.17. The highest BCUT2D eigenvalue weighted by molar-refractivity contribution is 5.75. The fourth-order valence-corrected chi connectivity index (χ4v) is 1.09. The summed E-state index contributed by atoms with van der Waals surface area (Å²) in [4.78, 5) is 11.2. The van der Waals surface area contributed by atoms with Crippen molar-refractivity contribution in [2.24, 2.45) is 0 Å². The molecule has 1 amide bonds. The summed E-state index contributed by atoms with van der Waals surface area (Å²) >= 11 is 0. The number of aliphatic hydroxyl groups is 1. The fraction of sp³-hybridized carbons (Fsp3) is 0.556. The van der Waals surface area contributed by atoms with Crippen LogP contribution in [-0.4, -0.2) is 39.9 Å². The van der Waals surface area contributed by atoms with E-state index in [1.807, 2.05) is 0 Å². The molecular formula is C9H10F5N3O2. The second kappa shape index (κ2) is 5.51. The Kier molecular flexibility index (Phi) is 4.45. The first-order valence-corrected chi connectivity index (χ1v) is 5.00. The van der Waals surface area contributed by atoms with Crippen molar-refractivity contribution in [2.75, 3.05) is 13.2 Å². The van der Waals surface area contributed by atoms with Crippen LogP contribution in [0.3, 0.4) is 0 Å². The molecule has 2 N–H and O–H groups in total. The minimum absolute atomic E-state index is 0.627. The van der Waals surface area contributed by atoms with E-state index in [2.05, 4.69) is 5.10 Å². The van der Waals surface area contributed by atoms with Crippen molar-refractivity contribution < 1.29 is 31.9 Å². The molecule has 1 heterocycles. The molecule has 0 aliphatic heterocycles. The van der Waals surface area contributed by atoms with Crippen LogP contribution < -0.4 is 5.32 Å². The Morgan fingerprint density at radius 2 is 2.00 bits per heavy atom. The molecule has 0 unspecified atom stereocenters. The molecule has 0 saturated heterocycles. The topological polar surface area (TPSA) is 67.2 Å². The highest BCUT2D eigenvalue weighted by Crippen LogP contribution is 2.27. The zero-order valence-corrected chi connectivity index (χ0v) is 9.42. The van der Waals surface area contributed by atoms with Gasteiger partial charge in [-0.3, -0.25) is 9.48 Å². The van der Waals surface area contributed by atoms with Crippen molar-refractivity contribution >= 4 is 5.91 Å². The summed E-state index contributed by atoms with van der Waals surface area (Å²) in [5, 5.41) is 13.1. The van der Waals surface area contributed by atoms with E-state index in [1.165, 1.54) is 0 Å². The van der Waals surface area contributed by atoms with Crippen LogP contribution in [0.25, 0.3) is 0 Å². The van der Waals surface area contributed by atoms with Crippen LogP contribution in [0.2, 0.25) is 0 Å². The molecule has 108 valence electrons. The molecule has 0 bridgehead atoms. The number of nitrogens with one attached hydrogen (secondary N) is 1. The first-order chi connectivity index (χ1) is 8.64. The van der Waals surface area contributed by atoms with Crippen LogP contribution in [-0.2, 0) is 17.5 Å². The number of rotatable bonds is 5. The molecule has 0 atom stereocenters. The van der Waals surface area contributed by atoms with E-state index in [1.54, 1.807) is 5.32 Å². The van der Waals surface area contributed by atoms with Crippen LogP contribution in [0.1, 0.15) is 5.69 Å². The average Bonchev–Trinajstić information content (AvgIpc) is 2.75. The number of hydrogen-bond acceptors (Lipinski definition) is 3. The Morgan fingerprint density at radius 3 is 2.47 bits per heavy atom.